The molecule has 1 N–H and O–H groups in total. The van der Waals surface area contributed by atoms with E-state index >= 15 is 0 Å². The Balaban J connectivity index is 1.89. The van der Waals surface area contributed by atoms with E-state index in [-0.39, 0.29) is 0 Å². The van der Waals surface area contributed by atoms with Crippen molar-refractivity contribution in [3.8, 4) is 0 Å². The van der Waals surface area contributed by atoms with E-state index in [0.717, 1.165) is 29.4 Å². The summed E-state index contributed by atoms with van der Waals surface area (Å²) < 4.78 is 1.86. The molecule has 2 rings (SSSR count). The third-order valence-corrected chi connectivity index (χ3v) is 3.93. The second kappa shape index (κ2) is 7.44. The summed E-state index contributed by atoms with van der Waals surface area (Å²) >= 11 is 0. The van der Waals surface area contributed by atoms with Gasteiger partial charge in [0, 0.05) is 12.4 Å². The van der Waals surface area contributed by atoms with E-state index in [0.29, 0.717) is 0 Å². The molecule has 0 amide bonds. The van der Waals surface area contributed by atoms with Crippen molar-refractivity contribution in [1.29, 1.82) is 0 Å². The van der Waals surface area contributed by atoms with Crippen molar-refractivity contribution in [2.45, 2.75) is 58.0 Å². The van der Waals surface area contributed by atoms with Crippen LogP contribution < -0.4 is 0 Å². The minimum Gasteiger partial charge on any atom is -0.387 e. The highest BCUT2D eigenvalue weighted by molar-refractivity contribution is 5.82. The van der Waals surface area contributed by atoms with Crippen LogP contribution in [0.25, 0.3) is 10.9 Å². The summed E-state index contributed by atoms with van der Waals surface area (Å²) in [5, 5.41) is 15.9. The van der Waals surface area contributed by atoms with Crippen LogP contribution in [0.5, 0.6) is 0 Å². The lowest BCUT2D eigenvalue weighted by atomic mass is 10.0. The number of aliphatic hydroxyl groups is 1. The highest BCUT2D eigenvalue weighted by atomic mass is 16.3. The molecule has 0 aliphatic carbocycles. The largest absolute Gasteiger partial charge is 0.387 e. The topological polar surface area (TPSA) is 38.1 Å². The van der Waals surface area contributed by atoms with Crippen molar-refractivity contribution in [3.05, 3.63) is 30.0 Å². The van der Waals surface area contributed by atoms with Crippen LogP contribution in [0.4, 0.5) is 0 Å². The number of aliphatic hydroxyl groups excluding tert-OH is 1. The van der Waals surface area contributed by atoms with Crippen LogP contribution in [0.1, 0.15) is 63.7 Å². The van der Waals surface area contributed by atoms with E-state index in [4.69, 9.17) is 0 Å². The molecule has 0 aliphatic rings. The Morgan fingerprint density at radius 3 is 2.60 bits per heavy atom. The first-order valence-electron chi connectivity index (χ1n) is 7.83. The molecule has 20 heavy (non-hydrogen) atoms. The van der Waals surface area contributed by atoms with Crippen LogP contribution in [-0.2, 0) is 7.05 Å². The number of unbranched alkanes of at least 4 members (excludes halogenated alkanes) is 5. The second-order valence-corrected chi connectivity index (χ2v) is 5.60. The summed E-state index contributed by atoms with van der Waals surface area (Å²) in [6.45, 7) is 2.23. The molecular formula is C17H26N2O. The van der Waals surface area contributed by atoms with Gasteiger partial charge in [0.25, 0.3) is 0 Å². The molecule has 2 aromatic rings. The number of hydrogen-bond donors (Lipinski definition) is 1. The monoisotopic (exact) mass is 274 g/mol. The fourth-order valence-electron chi connectivity index (χ4n) is 2.74. The molecule has 1 heterocycles. The third-order valence-electron chi connectivity index (χ3n) is 3.93. The zero-order valence-electron chi connectivity index (χ0n) is 12.7. The lowest BCUT2D eigenvalue weighted by molar-refractivity contribution is 0.159. The Bertz CT molecular complexity index is 533. The fraction of sp³-hybridized carbons (Fsp3) is 0.588. The van der Waals surface area contributed by atoms with Gasteiger partial charge < -0.3 is 5.11 Å². The molecule has 0 radical (unpaired) electrons. The highest BCUT2D eigenvalue weighted by Crippen LogP contribution is 2.26. The number of aryl methyl sites for hydroxylation is 1. The summed E-state index contributed by atoms with van der Waals surface area (Å²) in [7, 11) is 1.93. The Morgan fingerprint density at radius 1 is 1.10 bits per heavy atom. The van der Waals surface area contributed by atoms with Crippen molar-refractivity contribution in [1.82, 2.24) is 9.78 Å². The van der Waals surface area contributed by atoms with Crippen molar-refractivity contribution in [3.63, 3.8) is 0 Å². The van der Waals surface area contributed by atoms with Gasteiger partial charge in [-0.2, -0.15) is 5.10 Å². The maximum atomic E-state index is 10.4. The van der Waals surface area contributed by atoms with Gasteiger partial charge in [0.1, 0.15) is 0 Å². The molecule has 0 bridgehead atoms. The predicted molar refractivity (Wildman–Crippen MR) is 83.7 cm³/mol. The predicted octanol–water partition coefficient (Wildman–Crippen LogP) is 4.36. The van der Waals surface area contributed by atoms with Crippen molar-refractivity contribution >= 4 is 10.9 Å². The van der Waals surface area contributed by atoms with E-state index in [1.54, 1.807) is 0 Å². The average Bonchev–Trinajstić information content (AvgIpc) is 2.80. The van der Waals surface area contributed by atoms with Crippen molar-refractivity contribution in [2.24, 2.45) is 7.05 Å². The number of nitrogens with zero attached hydrogens (tertiary/aromatic N) is 2. The quantitative estimate of drug-likeness (QED) is 0.726. The Labute approximate surface area is 121 Å². The molecule has 1 atom stereocenters. The molecule has 1 aromatic heterocycles. The first kappa shape index (κ1) is 15.0. The van der Waals surface area contributed by atoms with Gasteiger partial charge in [-0.15, -0.1) is 0 Å². The molecule has 1 aromatic carbocycles. The maximum Gasteiger partial charge on any atom is 0.0988 e. The minimum atomic E-state index is -0.438. The lowest BCUT2D eigenvalue weighted by Crippen LogP contribution is -2.00. The molecule has 110 valence electrons. The van der Waals surface area contributed by atoms with E-state index < -0.39 is 6.10 Å². The number of rotatable bonds is 8. The third kappa shape index (κ3) is 3.60. The summed E-state index contributed by atoms with van der Waals surface area (Å²) in [6.07, 6.45) is 7.87. The molecule has 0 aliphatic heterocycles. The number of fused-ring (bicyclic) bond motifs is 1. The molecule has 3 nitrogen and oxygen atoms in total. The fourth-order valence-corrected chi connectivity index (χ4v) is 2.74. The molecule has 3 heteroatoms. The van der Waals surface area contributed by atoms with Crippen molar-refractivity contribution < 1.29 is 5.11 Å². The highest BCUT2D eigenvalue weighted by Gasteiger charge is 2.15. The van der Waals surface area contributed by atoms with Gasteiger partial charge in [0.05, 0.1) is 17.3 Å². The summed E-state index contributed by atoms with van der Waals surface area (Å²) in [6, 6.07) is 8.10. The van der Waals surface area contributed by atoms with Gasteiger partial charge in [-0.05, 0) is 12.5 Å². The number of aromatic nitrogens is 2. The Hall–Kier alpha value is -1.35. The van der Waals surface area contributed by atoms with Gasteiger partial charge in [-0.25, -0.2) is 0 Å². The van der Waals surface area contributed by atoms with E-state index in [9.17, 15) is 5.11 Å². The van der Waals surface area contributed by atoms with Crippen LogP contribution in [0.2, 0.25) is 0 Å². The molecule has 0 spiro atoms. The molecule has 0 fully saturated rings. The second-order valence-electron chi connectivity index (χ2n) is 5.60. The molecular weight excluding hydrogens is 248 g/mol. The van der Waals surface area contributed by atoms with Crippen LogP contribution >= 0.6 is 0 Å². The Kier molecular flexibility index (Phi) is 5.60. The first-order chi connectivity index (χ1) is 9.74. The zero-order valence-corrected chi connectivity index (χ0v) is 12.7. The van der Waals surface area contributed by atoms with Crippen LogP contribution in [0.15, 0.2) is 24.3 Å². The smallest absolute Gasteiger partial charge is 0.0988 e. The SMILES string of the molecule is CCCCCCCCC(O)c1nn(C)c2ccccc12. The first-order valence-corrected chi connectivity index (χ1v) is 7.83. The van der Waals surface area contributed by atoms with Gasteiger partial charge in [0.2, 0.25) is 0 Å². The summed E-state index contributed by atoms with van der Waals surface area (Å²) in [4.78, 5) is 0. The van der Waals surface area contributed by atoms with Crippen LogP contribution in [0.3, 0.4) is 0 Å². The number of hydrogen-bond acceptors (Lipinski definition) is 2. The Morgan fingerprint density at radius 2 is 1.80 bits per heavy atom. The van der Waals surface area contributed by atoms with Gasteiger partial charge in [0.15, 0.2) is 0 Å². The number of benzene rings is 1. The minimum absolute atomic E-state index is 0.438. The summed E-state index contributed by atoms with van der Waals surface area (Å²) in [5.74, 6) is 0. The normalized spacial score (nSPS) is 12.9. The lowest BCUT2D eigenvalue weighted by Gasteiger charge is -2.08. The number of para-hydroxylation sites is 1. The van der Waals surface area contributed by atoms with Crippen molar-refractivity contribution in [2.75, 3.05) is 0 Å². The van der Waals surface area contributed by atoms with E-state index in [1.807, 2.05) is 36.0 Å². The summed E-state index contributed by atoms with van der Waals surface area (Å²) in [5.41, 5.74) is 1.92. The van der Waals surface area contributed by atoms with Gasteiger partial charge in [-0.3, -0.25) is 4.68 Å². The van der Waals surface area contributed by atoms with E-state index in [1.165, 1.54) is 32.1 Å². The van der Waals surface area contributed by atoms with Gasteiger partial charge >= 0.3 is 0 Å². The van der Waals surface area contributed by atoms with Gasteiger partial charge in [-0.1, -0.05) is 63.6 Å². The standard InChI is InChI=1S/C17H26N2O/c1-3-4-5-6-7-8-13-16(20)17-14-11-9-10-12-15(14)19(2)18-17/h9-12,16,20H,3-8,13H2,1-2H3. The zero-order chi connectivity index (χ0) is 14.4. The maximum absolute atomic E-state index is 10.4. The van der Waals surface area contributed by atoms with Crippen LogP contribution in [-0.4, -0.2) is 14.9 Å². The molecule has 1 unspecified atom stereocenters. The van der Waals surface area contributed by atoms with E-state index in [2.05, 4.69) is 12.0 Å². The molecule has 0 saturated carbocycles. The van der Waals surface area contributed by atoms with Crippen LogP contribution in [0, 0.1) is 0 Å². The molecule has 0 saturated heterocycles. The average molecular weight is 274 g/mol.